The van der Waals surface area contributed by atoms with Crippen molar-refractivity contribution in [1.29, 1.82) is 0 Å². The highest BCUT2D eigenvalue weighted by Crippen LogP contribution is 2.23. The molecule has 0 saturated carbocycles. The van der Waals surface area contributed by atoms with Gasteiger partial charge in [0.05, 0.1) is 6.54 Å². The Kier molecular flexibility index (Phi) is 4.94. The second-order valence-electron chi connectivity index (χ2n) is 6.97. The van der Waals surface area contributed by atoms with Gasteiger partial charge in [-0.3, -0.25) is 0 Å². The number of amides is 1. The minimum Gasteiger partial charge on any atom is -0.472 e. The number of carbonyl (C=O) groups excluding carboxylic acids is 1. The van der Waals surface area contributed by atoms with Gasteiger partial charge in [-0.25, -0.2) is 9.78 Å². The number of rotatable bonds is 2. The van der Waals surface area contributed by atoms with Crippen LogP contribution in [-0.2, 0) is 4.74 Å². The maximum absolute atomic E-state index is 12.3. The summed E-state index contributed by atoms with van der Waals surface area (Å²) in [4.78, 5) is 18.3. The monoisotopic (exact) mass is 306 g/mol. The lowest BCUT2D eigenvalue weighted by Crippen LogP contribution is -2.50. The zero-order valence-corrected chi connectivity index (χ0v) is 14.1. The van der Waals surface area contributed by atoms with Crippen molar-refractivity contribution in [3.8, 4) is 5.88 Å². The summed E-state index contributed by atoms with van der Waals surface area (Å²) in [5.41, 5.74) is 0.626. The molecule has 0 bridgehead atoms. The number of nitrogens with zero attached hydrogens (tertiary/aromatic N) is 2. The van der Waals surface area contributed by atoms with Gasteiger partial charge in [-0.2, -0.15) is 0 Å². The quantitative estimate of drug-likeness (QED) is 0.838. The van der Waals surface area contributed by atoms with Crippen LogP contribution in [0, 0.1) is 6.92 Å². The predicted octanol–water partition coefficient (Wildman–Crippen LogP) is 3.56. The normalized spacial score (nSPS) is 22.3. The van der Waals surface area contributed by atoms with Gasteiger partial charge >= 0.3 is 6.09 Å². The Labute approximate surface area is 132 Å². The fraction of sp³-hybridized carbons (Fsp3) is 0.647. The second-order valence-corrected chi connectivity index (χ2v) is 6.97. The van der Waals surface area contributed by atoms with E-state index in [-0.39, 0.29) is 18.2 Å². The van der Waals surface area contributed by atoms with E-state index in [4.69, 9.17) is 9.47 Å². The van der Waals surface area contributed by atoms with Crippen molar-refractivity contribution < 1.29 is 14.3 Å². The molecule has 122 valence electrons. The minimum atomic E-state index is -0.483. The molecule has 1 aromatic heterocycles. The van der Waals surface area contributed by atoms with Gasteiger partial charge in [0, 0.05) is 18.3 Å². The van der Waals surface area contributed by atoms with Crippen LogP contribution in [0.2, 0.25) is 0 Å². The molecule has 0 N–H and O–H groups in total. The third-order valence-electron chi connectivity index (χ3n) is 3.64. The van der Waals surface area contributed by atoms with Crippen LogP contribution in [0.25, 0.3) is 0 Å². The second kappa shape index (κ2) is 6.55. The van der Waals surface area contributed by atoms with E-state index in [0.29, 0.717) is 12.4 Å². The van der Waals surface area contributed by atoms with E-state index in [9.17, 15) is 4.79 Å². The Morgan fingerprint density at radius 2 is 2.09 bits per heavy atom. The van der Waals surface area contributed by atoms with E-state index >= 15 is 0 Å². The first-order valence-electron chi connectivity index (χ1n) is 7.83. The Balaban J connectivity index is 2.00. The number of piperidine rings is 1. The SMILES string of the molecule is Cc1ccnc(OC2CCC(C)N(C(=O)OC(C)(C)C)C2)c1. The molecule has 1 aliphatic rings. The molecule has 0 aromatic carbocycles. The van der Waals surface area contributed by atoms with Crippen LogP contribution in [0.1, 0.15) is 46.1 Å². The largest absolute Gasteiger partial charge is 0.472 e. The van der Waals surface area contributed by atoms with E-state index in [1.807, 2.05) is 46.8 Å². The van der Waals surface area contributed by atoms with Gasteiger partial charge < -0.3 is 14.4 Å². The van der Waals surface area contributed by atoms with Crippen LogP contribution in [0.3, 0.4) is 0 Å². The molecule has 22 heavy (non-hydrogen) atoms. The minimum absolute atomic E-state index is 0.0435. The molecule has 1 fully saturated rings. The molecule has 0 aliphatic carbocycles. The van der Waals surface area contributed by atoms with Gasteiger partial charge in [-0.15, -0.1) is 0 Å². The van der Waals surface area contributed by atoms with Crippen LogP contribution in [0.5, 0.6) is 5.88 Å². The molecule has 2 heterocycles. The summed E-state index contributed by atoms with van der Waals surface area (Å²) in [7, 11) is 0. The first-order chi connectivity index (χ1) is 10.2. The van der Waals surface area contributed by atoms with Gasteiger partial charge in [0.1, 0.15) is 11.7 Å². The van der Waals surface area contributed by atoms with Gasteiger partial charge in [-0.05, 0) is 59.1 Å². The van der Waals surface area contributed by atoms with Crippen molar-refractivity contribution >= 4 is 6.09 Å². The standard InChI is InChI=1S/C17H26N2O3/c1-12-8-9-18-15(10-12)21-14-7-6-13(2)19(11-14)16(20)22-17(3,4)5/h8-10,13-14H,6-7,11H2,1-5H3. The van der Waals surface area contributed by atoms with Gasteiger partial charge in [0.25, 0.3) is 0 Å². The average molecular weight is 306 g/mol. The smallest absolute Gasteiger partial charge is 0.410 e. The lowest BCUT2D eigenvalue weighted by Gasteiger charge is -2.38. The molecule has 2 atom stereocenters. The number of aryl methyl sites for hydroxylation is 1. The number of aromatic nitrogens is 1. The summed E-state index contributed by atoms with van der Waals surface area (Å²) in [5, 5.41) is 0. The predicted molar refractivity (Wildman–Crippen MR) is 85.0 cm³/mol. The lowest BCUT2D eigenvalue weighted by atomic mass is 10.0. The Morgan fingerprint density at radius 1 is 1.36 bits per heavy atom. The number of hydrogen-bond donors (Lipinski definition) is 0. The number of likely N-dealkylation sites (tertiary alicyclic amines) is 1. The Bertz CT molecular complexity index is 525. The maximum Gasteiger partial charge on any atom is 0.410 e. The van der Waals surface area contributed by atoms with Crippen LogP contribution < -0.4 is 4.74 Å². The number of hydrogen-bond acceptors (Lipinski definition) is 4. The number of pyridine rings is 1. The van der Waals surface area contributed by atoms with E-state index in [1.54, 1.807) is 11.1 Å². The molecule has 5 heteroatoms. The van der Waals surface area contributed by atoms with Crippen molar-refractivity contribution in [3.63, 3.8) is 0 Å². The molecule has 0 radical (unpaired) electrons. The van der Waals surface area contributed by atoms with E-state index in [1.165, 1.54) is 0 Å². The molecule has 2 unspecified atom stereocenters. The zero-order valence-electron chi connectivity index (χ0n) is 14.1. The topological polar surface area (TPSA) is 51.7 Å². The molecule has 1 aliphatic heterocycles. The maximum atomic E-state index is 12.3. The number of carbonyl (C=O) groups is 1. The summed E-state index contributed by atoms with van der Waals surface area (Å²) in [6.45, 7) is 10.2. The molecule has 5 nitrogen and oxygen atoms in total. The van der Waals surface area contributed by atoms with Crippen molar-refractivity contribution in [3.05, 3.63) is 23.9 Å². The average Bonchev–Trinajstić information content (AvgIpc) is 2.39. The van der Waals surface area contributed by atoms with Crippen molar-refractivity contribution in [1.82, 2.24) is 9.88 Å². The van der Waals surface area contributed by atoms with E-state index in [2.05, 4.69) is 4.98 Å². The van der Waals surface area contributed by atoms with Crippen LogP contribution >= 0.6 is 0 Å². The third kappa shape index (κ3) is 4.61. The molecule has 0 spiro atoms. The number of ether oxygens (including phenoxy) is 2. The summed E-state index contributed by atoms with van der Waals surface area (Å²) in [6.07, 6.45) is 3.23. The van der Waals surface area contributed by atoms with Gasteiger partial charge in [0.2, 0.25) is 5.88 Å². The zero-order chi connectivity index (χ0) is 16.3. The summed E-state index contributed by atoms with van der Waals surface area (Å²) in [5.74, 6) is 0.615. The molecular formula is C17H26N2O3. The molecule has 2 rings (SSSR count). The molecular weight excluding hydrogens is 280 g/mol. The first kappa shape index (κ1) is 16.6. The summed E-state index contributed by atoms with van der Waals surface area (Å²) >= 11 is 0. The fourth-order valence-corrected chi connectivity index (χ4v) is 2.49. The summed E-state index contributed by atoms with van der Waals surface area (Å²) in [6, 6.07) is 4.01. The van der Waals surface area contributed by atoms with Crippen molar-refractivity contribution in [2.45, 2.75) is 65.2 Å². The van der Waals surface area contributed by atoms with Gasteiger partial charge in [-0.1, -0.05) is 0 Å². The third-order valence-corrected chi connectivity index (χ3v) is 3.64. The lowest BCUT2D eigenvalue weighted by molar-refractivity contribution is -0.00598. The van der Waals surface area contributed by atoms with Crippen molar-refractivity contribution in [2.75, 3.05) is 6.54 Å². The first-order valence-corrected chi connectivity index (χ1v) is 7.83. The highest BCUT2D eigenvalue weighted by Gasteiger charge is 2.33. The Morgan fingerprint density at radius 3 is 2.73 bits per heavy atom. The highest BCUT2D eigenvalue weighted by atomic mass is 16.6. The highest BCUT2D eigenvalue weighted by molar-refractivity contribution is 5.68. The van der Waals surface area contributed by atoms with E-state index < -0.39 is 5.60 Å². The van der Waals surface area contributed by atoms with Gasteiger partial charge in [0.15, 0.2) is 0 Å². The molecule has 1 amide bonds. The van der Waals surface area contributed by atoms with Crippen LogP contribution in [0.15, 0.2) is 18.3 Å². The van der Waals surface area contributed by atoms with Crippen LogP contribution in [0.4, 0.5) is 4.79 Å². The van der Waals surface area contributed by atoms with E-state index in [0.717, 1.165) is 18.4 Å². The molecule has 1 saturated heterocycles. The fourth-order valence-electron chi connectivity index (χ4n) is 2.49. The molecule has 1 aromatic rings. The summed E-state index contributed by atoms with van der Waals surface area (Å²) < 4.78 is 11.4. The van der Waals surface area contributed by atoms with Crippen LogP contribution in [-0.4, -0.2) is 40.3 Å². The van der Waals surface area contributed by atoms with Crippen molar-refractivity contribution in [2.24, 2.45) is 0 Å². The Hall–Kier alpha value is -1.78.